The van der Waals surface area contributed by atoms with Crippen LogP contribution in [0.1, 0.15) is 17.2 Å². The Bertz CT molecular complexity index is 757. The molecular weight excluding hydrogens is 278 g/mol. The molecule has 0 saturated carbocycles. The summed E-state index contributed by atoms with van der Waals surface area (Å²) in [6.45, 7) is 0. The van der Waals surface area contributed by atoms with E-state index in [9.17, 15) is 5.11 Å². The smallest absolute Gasteiger partial charge is 0.125 e. The number of benzene rings is 1. The number of halogens is 1. The second-order valence-electron chi connectivity index (χ2n) is 4.29. The van der Waals surface area contributed by atoms with E-state index >= 15 is 0 Å². The van der Waals surface area contributed by atoms with Crippen LogP contribution < -0.4 is 4.74 Å². The molecule has 3 rings (SSSR count). The highest BCUT2D eigenvalue weighted by atomic mass is 35.5. The van der Waals surface area contributed by atoms with Crippen LogP contribution in [0.4, 0.5) is 0 Å². The van der Waals surface area contributed by atoms with Gasteiger partial charge in [0.2, 0.25) is 0 Å². The molecule has 0 spiro atoms. The maximum absolute atomic E-state index is 10.6. The fraction of sp³-hybridized carbons (Fsp3) is 0.143. The minimum atomic E-state index is -0.884. The maximum Gasteiger partial charge on any atom is 0.125 e. The summed E-state index contributed by atoms with van der Waals surface area (Å²) >= 11 is 6.00. The Morgan fingerprint density at radius 2 is 2.15 bits per heavy atom. The van der Waals surface area contributed by atoms with Crippen LogP contribution in [0, 0.1) is 0 Å². The molecule has 0 bridgehead atoms. The van der Waals surface area contributed by atoms with Crippen LogP contribution in [0.15, 0.2) is 43.0 Å². The normalized spacial score (nSPS) is 12.6. The van der Waals surface area contributed by atoms with E-state index in [0.717, 1.165) is 5.52 Å². The number of rotatable bonds is 3. The zero-order valence-corrected chi connectivity index (χ0v) is 11.4. The van der Waals surface area contributed by atoms with Crippen LogP contribution >= 0.6 is 11.6 Å². The SMILES string of the molecule is COc1ccc(Cl)cc1C(O)c1cnn2ccncc12. The van der Waals surface area contributed by atoms with Crippen molar-refractivity contribution in [1.82, 2.24) is 14.6 Å². The van der Waals surface area contributed by atoms with Gasteiger partial charge in [-0.3, -0.25) is 4.98 Å². The number of hydrogen-bond acceptors (Lipinski definition) is 4. The first-order valence-electron chi connectivity index (χ1n) is 5.99. The van der Waals surface area contributed by atoms with Gasteiger partial charge >= 0.3 is 0 Å². The van der Waals surface area contributed by atoms with Gasteiger partial charge in [0, 0.05) is 28.5 Å². The summed E-state index contributed by atoms with van der Waals surface area (Å²) in [6.07, 6.45) is 5.74. The monoisotopic (exact) mass is 289 g/mol. The third-order valence-electron chi connectivity index (χ3n) is 3.14. The molecule has 0 radical (unpaired) electrons. The molecule has 5 nitrogen and oxygen atoms in total. The number of methoxy groups -OCH3 is 1. The predicted molar refractivity (Wildman–Crippen MR) is 75.1 cm³/mol. The summed E-state index contributed by atoms with van der Waals surface area (Å²) in [5.41, 5.74) is 1.99. The first kappa shape index (κ1) is 12.9. The molecule has 1 atom stereocenters. The highest BCUT2D eigenvalue weighted by Crippen LogP contribution is 2.33. The van der Waals surface area contributed by atoms with Crippen LogP contribution in [-0.4, -0.2) is 26.8 Å². The Kier molecular flexibility index (Phi) is 3.30. The van der Waals surface area contributed by atoms with Gasteiger partial charge in [-0.25, -0.2) is 4.52 Å². The van der Waals surface area contributed by atoms with Crippen molar-refractivity contribution >= 4 is 17.1 Å². The van der Waals surface area contributed by atoms with Gasteiger partial charge in [-0.05, 0) is 18.2 Å². The average molecular weight is 290 g/mol. The van der Waals surface area contributed by atoms with Gasteiger partial charge in [0.1, 0.15) is 11.9 Å². The van der Waals surface area contributed by atoms with E-state index in [1.54, 1.807) is 54.6 Å². The van der Waals surface area contributed by atoms with Gasteiger partial charge in [-0.2, -0.15) is 5.10 Å². The minimum absolute atomic E-state index is 0.537. The molecule has 20 heavy (non-hydrogen) atoms. The summed E-state index contributed by atoms with van der Waals surface area (Å²) in [5.74, 6) is 0.574. The van der Waals surface area contributed by atoms with E-state index < -0.39 is 6.10 Å². The van der Waals surface area contributed by atoms with E-state index in [0.29, 0.717) is 21.9 Å². The van der Waals surface area contributed by atoms with Crippen molar-refractivity contribution in [3.63, 3.8) is 0 Å². The van der Waals surface area contributed by atoms with Gasteiger partial charge in [0.25, 0.3) is 0 Å². The quantitative estimate of drug-likeness (QED) is 0.805. The van der Waals surface area contributed by atoms with Crippen molar-refractivity contribution in [3.8, 4) is 5.75 Å². The fourth-order valence-corrected chi connectivity index (χ4v) is 2.33. The Labute approximate surface area is 120 Å². The Morgan fingerprint density at radius 3 is 2.95 bits per heavy atom. The lowest BCUT2D eigenvalue weighted by Crippen LogP contribution is -2.02. The van der Waals surface area contributed by atoms with Crippen molar-refractivity contribution in [2.24, 2.45) is 0 Å². The van der Waals surface area contributed by atoms with Gasteiger partial charge in [-0.1, -0.05) is 11.6 Å². The molecule has 0 saturated heterocycles. The number of fused-ring (bicyclic) bond motifs is 1. The molecule has 0 aliphatic carbocycles. The minimum Gasteiger partial charge on any atom is -0.496 e. The van der Waals surface area contributed by atoms with E-state index in [1.807, 2.05) is 0 Å². The summed E-state index contributed by atoms with van der Waals surface area (Å²) in [4.78, 5) is 4.05. The third-order valence-corrected chi connectivity index (χ3v) is 3.37. The molecule has 3 aromatic rings. The van der Waals surface area contributed by atoms with E-state index in [2.05, 4.69) is 10.1 Å². The number of ether oxygens (including phenoxy) is 1. The maximum atomic E-state index is 10.6. The molecule has 102 valence electrons. The molecule has 0 aliphatic rings. The van der Waals surface area contributed by atoms with Crippen LogP contribution in [0.3, 0.4) is 0 Å². The molecular formula is C14H12ClN3O2. The molecule has 6 heteroatoms. The number of aliphatic hydroxyl groups excluding tert-OH is 1. The standard InChI is InChI=1S/C14H12ClN3O2/c1-20-13-3-2-9(15)6-10(13)14(19)11-7-17-18-5-4-16-8-12(11)18/h2-8,14,19H,1H3. The van der Waals surface area contributed by atoms with Gasteiger partial charge in [-0.15, -0.1) is 0 Å². The van der Waals surface area contributed by atoms with Crippen molar-refractivity contribution in [3.05, 3.63) is 59.1 Å². The topological polar surface area (TPSA) is 59.7 Å². The zero-order chi connectivity index (χ0) is 14.1. The van der Waals surface area contributed by atoms with Crippen LogP contribution in [0.5, 0.6) is 5.75 Å². The number of hydrogen-bond donors (Lipinski definition) is 1. The summed E-state index contributed by atoms with van der Waals surface area (Å²) in [7, 11) is 1.55. The molecule has 0 fully saturated rings. The van der Waals surface area contributed by atoms with E-state index in [-0.39, 0.29) is 0 Å². The van der Waals surface area contributed by atoms with E-state index in [1.165, 1.54) is 0 Å². The molecule has 0 amide bonds. The van der Waals surface area contributed by atoms with Gasteiger partial charge in [0.05, 0.1) is 25.0 Å². The lowest BCUT2D eigenvalue weighted by molar-refractivity contribution is 0.216. The number of nitrogens with zero attached hydrogens (tertiary/aromatic N) is 3. The molecule has 0 aliphatic heterocycles. The second-order valence-corrected chi connectivity index (χ2v) is 4.73. The fourth-order valence-electron chi connectivity index (χ4n) is 2.15. The second kappa shape index (κ2) is 5.11. The molecule has 1 N–H and O–H groups in total. The number of aliphatic hydroxyl groups is 1. The van der Waals surface area contributed by atoms with Crippen molar-refractivity contribution in [1.29, 1.82) is 0 Å². The Balaban J connectivity index is 2.13. The summed E-state index contributed by atoms with van der Waals surface area (Å²) < 4.78 is 6.93. The van der Waals surface area contributed by atoms with Crippen LogP contribution in [-0.2, 0) is 0 Å². The number of aromatic nitrogens is 3. The highest BCUT2D eigenvalue weighted by molar-refractivity contribution is 6.30. The molecule has 2 heterocycles. The molecule has 1 aromatic carbocycles. The lowest BCUT2D eigenvalue weighted by atomic mass is 10.0. The third kappa shape index (κ3) is 2.11. The van der Waals surface area contributed by atoms with Crippen molar-refractivity contribution in [2.75, 3.05) is 7.11 Å². The predicted octanol–water partition coefficient (Wildman–Crippen LogP) is 2.47. The Morgan fingerprint density at radius 1 is 1.30 bits per heavy atom. The van der Waals surface area contributed by atoms with Crippen molar-refractivity contribution < 1.29 is 9.84 Å². The van der Waals surface area contributed by atoms with Gasteiger partial charge < -0.3 is 9.84 Å². The van der Waals surface area contributed by atoms with Crippen LogP contribution in [0.2, 0.25) is 5.02 Å². The summed E-state index contributed by atoms with van der Waals surface area (Å²) in [5, 5.41) is 15.3. The molecule has 1 unspecified atom stereocenters. The zero-order valence-electron chi connectivity index (χ0n) is 10.7. The first-order valence-corrected chi connectivity index (χ1v) is 6.37. The first-order chi connectivity index (χ1) is 9.70. The van der Waals surface area contributed by atoms with Gasteiger partial charge in [0.15, 0.2) is 0 Å². The highest BCUT2D eigenvalue weighted by Gasteiger charge is 2.19. The van der Waals surface area contributed by atoms with Crippen molar-refractivity contribution in [2.45, 2.75) is 6.10 Å². The van der Waals surface area contributed by atoms with Crippen LogP contribution in [0.25, 0.3) is 5.52 Å². The lowest BCUT2D eigenvalue weighted by Gasteiger charge is -2.14. The average Bonchev–Trinajstić information content (AvgIpc) is 2.90. The molecule has 2 aromatic heterocycles. The van der Waals surface area contributed by atoms with E-state index in [4.69, 9.17) is 16.3 Å². The Hall–Kier alpha value is -2.11. The summed E-state index contributed by atoms with van der Waals surface area (Å²) in [6, 6.07) is 5.13. The largest absolute Gasteiger partial charge is 0.496 e.